The van der Waals surface area contributed by atoms with Crippen LogP contribution in [0.15, 0.2) is 29.2 Å². The van der Waals surface area contributed by atoms with Crippen LogP contribution in [0.3, 0.4) is 0 Å². The molecular formula is C15H22N2O4S. The van der Waals surface area contributed by atoms with Gasteiger partial charge < -0.3 is 15.0 Å². The van der Waals surface area contributed by atoms with E-state index in [2.05, 4.69) is 5.32 Å². The number of urea groups is 1. The Morgan fingerprint density at radius 1 is 1.23 bits per heavy atom. The molecule has 2 amide bonds. The van der Waals surface area contributed by atoms with E-state index in [9.17, 15) is 13.2 Å². The van der Waals surface area contributed by atoms with Crippen molar-refractivity contribution in [3.8, 4) is 0 Å². The molecule has 1 aromatic carbocycles. The molecule has 0 bridgehead atoms. The summed E-state index contributed by atoms with van der Waals surface area (Å²) in [5.41, 5.74) is 0.857. The van der Waals surface area contributed by atoms with Crippen molar-refractivity contribution in [1.82, 2.24) is 10.2 Å². The lowest BCUT2D eigenvalue weighted by Gasteiger charge is -2.35. The van der Waals surface area contributed by atoms with Gasteiger partial charge in [0.2, 0.25) is 0 Å². The molecule has 22 heavy (non-hydrogen) atoms. The fraction of sp³-hybridized carbons (Fsp3) is 0.533. The number of carbonyl (C=O) groups is 1. The van der Waals surface area contributed by atoms with E-state index in [1.54, 1.807) is 29.2 Å². The molecule has 7 heteroatoms. The summed E-state index contributed by atoms with van der Waals surface area (Å²) in [6.45, 7) is 5.40. The first kappa shape index (κ1) is 16.8. The number of nitrogens with zero attached hydrogens (tertiary/aromatic N) is 1. The molecule has 1 aromatic rings. The topological polar surface area (TPSA) is 75.7 Å². The summed E-state index contributed by atoms with van der Waals surface area (Å²) in [7, 11) is -3.19. The Morgan fingerprint density at radius 2 is 1.77 bits per heavy atom. The Bertz CT molecular complexity index is 617. The van der Waals surface area contributed by atoms with Crippen LogP contribution in [0.1, 0.15) is 19.4 Å². The highest BCUT2D eigenvalue weighted by Crippen LogP contribution is 2.12. The Morgan fingerprint density at radius 3 is 2.27 bits per heavy atom. The molecule has 6 nitrogen and oxygen atoms in total. The lowest BCUT2D eigenvalue weighted by Crippen LogP contribution is -2.51. The number of benzene rings is 1. The summed E-state index contributed by atoms with van der Waals surface area (Å²) in [5.74, 6) is 0. The van der Waals surface area contributed by atoms with Gasteiger partial charge in [-0.3, -0.25) is 0 Å². The highest BCUT2D eigenvalue weighted by molar-refractivity contribution is 7.90. The SMILES string of the molecule is C[C@@H]1CN(C(=O)NCc2ccc(S(C)(=O)=O)cc2)C[C@H](C)O1. The standard InChI is InChI=1S/C15H22N2O4S/c1-11-9-17(10-12(2)21-11)15(18)16-8-13-4-6-14(7-5-13)22(3,19)20/h4-7,11-12H,8-10H2,1-3H3,(H,16,18)/t11-,12+. The van der Waals surface area contributed by atoms with Gasteiger partial charge in [-0.15, -0.1) is 0 Å². The minimum Gasteiger partial charge on any atom is -0.372 e. The Labute approximate surface area is 131 Å². The normalized spacial score (nSPS) is 22.4. The van der Waals surface area contributed by atoms with E-state index in [4.69, 9.17) is 4.74 Å². The Balaban J connectivity index is 1.91. The number of nitrogens with one attached hydrogen (secondary N) is 1. The predicted molar refractivity (Wildman–Crippen MR) is 83.4 cm³/mol. The zero-order valence-corrected chi connectivity index (χ0v) is 13.9. The van der Waals surface area contributed by atoms with E-state index in [0.29, 0.717) is 19.6 Å². The largest absolute Gasteiger partial charge is 0.372 e. The van der Waals surface area contributed by atoms with Gasteiger partial charge in [0, 0.05) is 25.9 Å². The van der Waals surface area contributed by atoms with Gasteiger partial charge in [0.15, 0.2) is 9.84 Å². The maximum atomic E-state index is 12.2. The van der Waals surface area contributed by atoms with Crippen LogP contribution in [0.25, 0.3) is 0 Å². The number of carbonyl (C=O) groups excluding carboxylic acids is 1. The molecule has 0 spiro atoms. The molecular weight excluding hydrogens is 304 g/mol. The van der Waals surface area contributed by atoms with Gasteiger partial charge in [0.1, 0.15) is 0 Å². The third-order valence-corrected chi connectivity index (χ3v) is 4.63. The number of sulfone groups is 1. The molecule has 0 saturated carbocycles. The van der Waals surface area contributed by atoms with Gasteiger partial charge in [-0.1, -0.05) is 12.1 Å². The molecule has 1 saturated heterocycles. The summed E-state index contributed by atoms with van der Waals surface area (Å²) < 4.78 is 28.4. The van der Waals surface area contributed by atoms with E-state index >= 15 is 0 Å². The van der Waals surface area contributed by atoms with E-state index in [1.165, 1.54) is 6.26 Å². The first-order chi connectivity index (χ1) is 10.3. The lowest BCUT2D eigenvalue weighted by atomic mass is 10.2. The van der Waals surface area contributed by atoms with Gasteiger partial charge in [-0.2, -0.15) is 0 Å². The zero-order valence-electron chi connectivity index (χ0n) is 13.1. The van der Waals surface area contributed by atoms with Crippen molar-refractivity contribution >= 4 is 15.9 Å². The summed E-state index contributed by atoms with van der Waals surface area (Å²) in [6, 6.07) is 6.39. The van der Waals surface area contributed by atoms with Crippen LogP contribution in [-0.2, 0) is 21.1 Å². The van der Waals surface area contributed by atoms with Crippen molar-refractivity contribution in [3.05, 3.63) is 29.8 Å². The Kier molecular flexibility index (Phi) is 5.08. The van der Waals surface area contributed by atoms with Crippen molar-refractivity contribution in [2.24, 2.45) is 0 Å². The fourth-order valence-corrected chi connectivity index (χ4v) is 3.12. The van der Waals surface area contributed by atoms with Crippen LogP contribution in [0.5, 0.6) is 0 Å². The summed E-state index contributed by atoms with van der Waals surface area (Å²) in [4.78, 5) is 14.2. The van der Waals surface area contributed by atoms with Gasteiger partial charge in [0.25, 0.3) is 0 Å². The van der Waals surface area contributed by atoms with E-state index < -0.39 is 9.84 Å². The number of hydrogen-bond acceptors (Lipinski definition) is 4. The maximum Gasteiger partial charge on any atom is 0.317 e. The second kappa shape index (κ2) is 6.66. The number of rotatable bonds is 3. The molecule has 1 aliphatic heterocycles. The first-order valence-electron chi connectivity index (χ1n) is 7.23. The number of ether oxygens (including phenoxy) is 1. The van der Waals surface area contributed by atoms with Crippen LogP contribution in [-0.4, -0.2) is 50.9 Å². The average Bonchev–Trinajstić information content (AvgIpc) is 2.43. The third-order valence-electron chi connectivity index (χ3n) is 3.50. The highest BCUT2D eigenvalue weighted by atomic mass is 32.2. The monoisotopic (exact) mass is 326 g/mol. The molecule has 0 aliphatic carbocycles. The fourth-order valence-electron chi connectivity index (χ4n) is 2.49. The van der Waals surface area contributed by atoms with Crippen molar-refractivity contribution in [3.63, 3.8) is 0 Å². The van der Waals surface area contributed by atoms with Crippen molar-refractivity contribution in [1.29, 1.82) is 0 Å². The van der Waals surface area contributed by atoms with E-state index in [1.807, 2.05) is 13.8 Å². The predicted octanol–water partition coefficient (Wildman–Crippen LogP) is 1.41. The molecule has 0 aromatic heterocycles. The number of hydrogen-bond donors (Lipinski definition) is 1. The first-order valence-corrected chi connectivity index (χ1v) is 9.12. The molecule has 1 aliphatic rings. The average molecular weight is 326 g/mol. The van der Waals surface area contributed by atoms with Gasteiger partial charge in [0.05, 0.1) is 17.1 Å². The number of morpholine rings is 1. The molecule has 2 rings (SSSR count). The molecule has 2 atom stereocenters. The van der Waals surface area contributed by atoms with Gasteiger partial charge in [-0.25, -0.2) is 13.2 Å². The quantitative estimate of drug-likeness (QED) is 0.911. The zero-order chi connectivity index (χ0) is 16.3. The van der Waals surface area contributed by atoms with Crippen LogP contribution in [0.4, 0.5) is 4.79 Å². The molecule has 0 radical (unpaired) electrons. The third kappa shape index (κ3) is 4.45. The molecule has 1 N–H and O–H groups in total. The van der Waals surface area contributed by atoms with E-state index in [0.717, 1.165) is 5.56 Å². The molecule has 1 heterocycles. The minimum absolute atomic E-state index is 0.0311. The van der Waals surface area contributed by atoms with Gasteiger partial charge in [-0.05, 0) is 31.5 Å². The van der Waals surface area contributed by atoms with Crippen LogP contribution < -0.4 is 5.32 Å². The van der Waals surface area contributed by atoms with Crippen molar-refractivity contribution in [2.45, 2.75) is 37.5 Å². The van der Waals surface area contributed by atoms with Crippen molar-refractivity contribution < 1.29 is 17.9 Å². The molecule has 1 fully saturated rings. The van der Waals surface area contributed by atoms with Crippen LogP contribution >= 0.6 is 0 Å². The summed E-state index contributed by atoms with van der Waals surface area (Å²) >= 11 is 0. The smallest absolute Gasteiger partial charge is 0.317 e. The summed E-state index contributed by atoms with van der Waals surface area (Å²) in [5, 5.41) is 2.85. The number of amides is 2. The minimum atomic E-state index is -3.19. The lowest BCUT2D eigenvalue weighted by molar-refractivity contribution is -0.0545. The molecule has 0 unspecified atom stereocenters. The van der Waals surface area contributed by atoms with Crippen LogP contribution in [0, 0.1) is 0 Å². The van der Waals surface area contributed by atoms with Gasteiger partial charge >= 0.3 is 6.03 Å². The van der Waals surface area contributed by atoms with Crippen molar-refractivity contribution in [2.75, 3.05) is 19.3 Å². The Hall–Kier alpha value is -1.60. The second-order valence-electron chi connectivity index (χ2n) is 5.74. The van der Waals surface area contributed by atoms with E-state index in [-0.39, 0.29) is 23.1 Å². The maximum absolute atomic E-state index is 12.2. The second-order valence-corrected chi connectivity index (χ2v) is 7.75. The summed E-state index contributed by atoms with van der Waals surface area (Å²) in [6.07, 6.45) is 1.23. The van der Waals surface area contributed by atoms with Crippen LogP contribution in [0.2, 0.25) is 0 Å². The highest BCUT2D eigenvalue weighted by Gasteiger charge is 2.25. The molecule has 122 valence electrons.